The Balaban J connectivity index is 1.66. The van der Waals surface area contributed by atoms with Crippen LogP contribution in [-0.2, 0) is 4.74 Å². The zero-order chi connectivity index (χ0) is 18.2. The molecular weight excluding hydrogens is 314 g/mol. The van der Waals surface area contributed by atoms with Gasteiger partial charge in [-0.2, -0.15) is 0 Å². The van der Waals surface area contributed by atoms with Gasteiger partial charge < -0.3 is 19.5 Å². The van der Waals surface area contributed by atoms with Crippen molar-refractivity contribution in [2.24, 2.45) is 0 Å². The Bertz CT molecular complexity index is 496. The van der Waals surface area contributed by atoms with Crippen LogP contribution >= 0.6 is 0 Å². The van der Waals surface area contributed by atoms with E-state index in [1.165, 1.54) is 29.7 Å². The molecule has 2 rings (SSSR count). The molecule has 0 spiro atoms. The minimum atomic E-state index is -0.402. The number of rotatable bonds is 9. The van der Waals surface area contributed by atoms with Crippen molar-refractivity contribution in [1.29, 1.82) is 0 Å². The van der Waals surface area contributed by atoms with Gasteiger partial charge in [-0.25, -0.2) is 0 Å². The van der Waals surface area contributed by atoms with Crippen LogP contribution in [0.3, 0.4) is 0 Å². The van der Waals surface area contributed by atoms with Gasteiger partial charge in [-0.1, -0.05) is 32.0 Å². The maximum absolute atomic E-state index is 10.3. The summed E-state index contributed by atoms with van der Waals surface area (Å²) in [4.78, 5) is 1.52. The smallest absolute Gasteiger partial charge is 0.126 e. The first-order chi connectivity index (χ1) is 12.0. The molecule has 1 aromatic carbocycles. The fourth-order valence-corrected chi connectivity index (χ4v) is 3.84. The van der Waals surface area contributed by atoms with Crippen LogP contribution in [0.15, 0.2) is 24.3 Å². The van der Waals surface area contributed by atoms with Gasteiger partial charge >= 0.3 is 0 Å². The lowest BCUT2D eigenvalue weighted by Crippen LogP contribution is -3.20. The van der Waals surface area contributed by atoms with Crippen LogP contribution in [0.2, 0.25) is 0 Å². The van der Waals surface area contributed by atoms with Gasteiger partial charge in [-0.15, -0.1) is 0 Å². The summed E-state index contributed by atoms with van der Waals surface area (Å²) < 4.78 is 11.5. The van der Waals surface area contributed by atoms with E-state index in [0.717, 1.165) is 12.3 Å². The predicted molar refractivity (Wildman–Crippen MR) is 101 cm³/mol. The molecule has 0 unspecified atom stereocenters. The number of aliphatic hydroxyl groups is 1. The van der Waals surface area contributed by atoms with Gasteiger partial charge in [0.1, 0.15) is 25.0 Å². The minimum absolute atomic E-state index is 0.387. The largest absolute Gasteiger partial charge is 0.491 e. The maximum Gasteiger partial charge on any atom is 0.126 e. The van der Waals surface area contributed by atoms with E-state index in [-0.39, 0.29) is 0 Å². The lowest BCUT2D eigenvalue weighted by atomic mass is 9.97. The van der Waals surface area contributed by atoms with Crippen LogP contribution in [0, 0.1) is 0 Å². The van der Waals surface area contributed by atoms with E-state index in [2.05, 4.69) is 33.8 Å². The molecule has 1 aliphatic rings. The monoisotopic (exact) mass is 350 g/mol. The van der Waals surface area contributed by atoms with Crippen molar-refractivity contribution in [2.75, 3.05) is 26.4 Å². The lowest BCUT2D eigenvalue weighted by molar-refractivity contribution is -0.954. The van der Waals surface area contributed by atoms with Crippen molar-refractivity contribution in [2.45, 2.75) is 71.1 Å². The second kappa shape index (κ2) is 10.1. The Morgan fingerprint density at radius 2 is 1.80 bits per heavy atom. The number of aliphatic hydroxyl groups excluding tert-OH is 1. The van der Waals surface area contributed by atoms with E-state index in [0.29, 0.717) is 37.8 Å². The SMILES string of the molecule is CC(C)c1ccccc1OCCOC[C@@H](O)C[NH+]1[C@@H](C)CCC[C@@H]1C. The van der Waals surface area contributed by atoms with Crippen LogP contribution < -0.4 is 9.64 Å². The molecule has 0 radical (unpaired) electrons. The highest BCUT2D eigenvalue weighted by molar-refractivity contribution is 5.35. The summed E-state index contributed by atoms with van der Waals surface area (Å²) in [6.07, 6.45) is 3.43. The Kier molecular flexibility index (Phi) is 8.20. The Hall–Kier alpha value is -1.10. The summed E-state index contributed by atoms with van der Waals surface area (Å²) in [7, 11) is 0. The number of benzene rings is 1. The molecule has 1 saturated heterocycles. The van der Waals surface area contributed by atoms with Gasteiger partial charge in [0.2, 0.25) is 0 Å². The molecule has 1 aliphatic heterocycles. The van der Waals surface area contributed by atoms with E-state index >= 15 is 0 Å². The molecule has 0 aliphatic carbocycles. The van der Waals surface area contributed by atoms with Crippen LogP contribution in [-0.4, -0.2) is 49.7 Å². The molecule has 3 atom stereocenters. The summed E-state index contributed by atoms with van der Waals surface area (Å²) in [5.41, 5.74) is 1.22. The molecule has 142 valence electrons. The summed E-state index contributed by atoms with van der Waals surface area (Å²) in [5, 5.41) is 10.3. The fourth-order valence-electron chi connectivity index (χ4n) is 3.84. The fraction of sp³-hybridized carbons (Fsp3) is 0.714. The van der Waals surface area contributed by atoms with Crippen molar-refractivity contribution >= 4 is 0 Å². The number of likely N-dealkylation sites (tertiary alicyclic amines) is 1. The minimum Gasteiger partial charge on any atom is -0.491 e. The van der Waals surface area contributed by atoms with Crippen molar-refractivity contribution in [3.8, 4) is 5.75 Å². The van der Waals surface area contributed by atoms with Gasteiger partial charge in [-0.05, 0) is 50.7 Å². The predicted octanol–water partition coefficient (Wildman–Crippen LogP) is 2.41. The average Bonchev–Trinajstić information content (AvgIpc) is 2.58. The molecule has 0 aromatic heterocycles. The topological polar surface area (TPSA) is 43.1 Å². The van der Waals surface area contributed by atoms with Crippen molar-refractivity contribution < 1.29 is 19.5 Å². The van der Waals surface area contributed by atoms with E-state index in [4.69, 9.17) is 9.47 Å². The van der Waals surface area contributed by atoms with Gasteiger partial charge in [0.25, 0.3) is 0 Å². The average molecular weight is 351 g/mol. The highest BCUT2D eigenvalue weighted by Crippen LogP contribution is 2.25. The summed E-state index contributed by atoms with van der Waals surface area (Å²) in [5.74, 6) is 1.37. The van der Waals surface area contributed by atoms with E-state index < -0.39 is 6.10 Å². The Labute approximate surface area is 153 Å². The highest BCUT2D eigenvalue weighted by atomic mass is 16.5. The van der Waals surface area contributed by atoms with Crippen molar-refractivity contribution in [3.05, 3.63) is 29.8 Å². The first-order valence-electron chi connectivity index (χ1n) is 9.82. The third kappa shape index (κ3) is 6.28. The summed E-state index contributed by atoms with van der Waals surface area (Å²) in [6, 6.07) is 9.42. The van der Waals surface area contributed by atoms with E-state index in [9.17, 15) is 5.11 Å². The van der Waals surface area contributed by atoms with E-state index in [1.54, 1.807) is 0 Å². The molecule has 0 saturated carbocycles. The Morgan fingerprint density at radius 3 is 2.48 bits per heavy atom. The molecule has 1 fully saturated rings. The number of nitrogens with one attached hydrogen (secondary N) is 1. The van der Waals surface area contributed by atoms with Gasteiger partial charge in [-0.3, -0.25) is 0 Å². The third-order valence-corrected chi connectivity index (χ3v) is 5.35. The number of para-hydroxylation sites is 1. The number of piperidine rings is 1. The van der Waals surface area contributed by atoms with E-state index in [1.807, 2.05) is 18.2 Å². The lowest BCUT2D eigenvalue weighted by Gasteiger charge is -2.36. The van der Waals surface area contributed by atoms with Crippen molar-refractivity contribution in [3.63, 3.8) is 0 Å². The van der Waals surface area contributed by atoms with Crippen molar-refractivity contribution in [1.82, 2.24) is 0 Å². The Morgan fingerprint density at radius 1 is 1.12 bits per heavy atom. The molecule has 0 bridgehead atoms. The number of quaternary nitrogens is 1. The van der Waals surface area contributed by atoms with Gasteiger partial charge in [0.15, 0.2) is 0 Å². The van der Waals surface area contributed by atoms with Gasteiger partial charge in [0, 0.05) is 0 Å². The molecule has 1 aromatic rings. The summed E-state index contributed by atoms with van der Waals surface area (Å²) in [6.45, 7) is 11.1. The standard InChI is InChI=1S/C21H35NO3/c1-16(2)20-10-5-6-11-21(20)25-13-12-24-15-19(23)14-22-17(3)8-7-9-18(22)4/h5-6,10-11,16-19,23H,7-9,12-15H2,1-4H3/p+1/t17-,18-,19-/m0/s1. The van der Waals surface area contributed by atoms with Crippen LogP contribution in [0.4, 0.5) is 0 Å². The third-order valence-electron chi connectivity index (χ3n) is 5.35. The molecule has 0 amide bonds. The molecule has 25 heavy (non-hydrogen) atoms. The van der Waals surface area contributed by atoms with Gasteiger partial charge in [0.05, 0.1) is 25.3 Å². The molecule has 4 nitrogen and oxygen atoms in total. The number of ether oxygens (including phenoxy) is 2. The maximum atomic E-state index is 10.3. The quantitative estimate of drug-likeness (QED) is 0.672. The highest BCUT2D eigenvalue weighted by Gasteiger charge is 2.30. The molecule has 4 heteroatoms. The second-order valence-corrected chi connectivity index (χ2v) is 7.78. The molecule has 2 N–H and O–H groups in total. The van der Waals surface area contributed by atoms with Crippen LogP contribution in [0.25, 0.3) is 0 Å². The second-order valence-electron chi connectivity index (χ2n) is 7.78. The zero-order valence-electron chi connectivity index (χ0n) is 16.3. The zero-order valence-corrected chi connectivity index (χ0v) is 16.3. The number of hydrogen-bond donors (Lipinski definition) is 2. The summed E-state index contributed by atoms with van der Waals surface area (Å²) >= 11 is 0. The first kappa shape index (κ1) is 20.2. The molecular formula is C21H36NO3+. The normalized spacial score (nSPS) is 23.0. The molecule has 1 heterocycles. The van der Waals surface area contributed by atoms with Crippen LogP contribution in [0.5, 0.6) is 5.75 Å². The first-order valence-corrected chi connectivity index (χ1v) is 9.82. The number of hydrogen-bond acceptors (Lipinski definition) is 3. The van der Waals surface area contributed by atoms with Crippen LogP contribution in [0.1, 0.15) is 58.4 Å².